The Balaban J connectivity index is 1.20. The van der Waals surface area contributed by atoms with Crippen molar-refractivity contribution in [2.24, 2.45) is 0 Å². The van der Waals surface area contributed by atoms with E-state index >= 15 is 0 Å². The van der Waals surface area contributed by atoms with E-state index in [0.717, 1.165) is 77.5 Å². The van der Waals surface area contributed by atoms with Gasteiger partial charge in [-0.3, -0.25) is 0 Å². The summed E-state index contributed by atoms with van der Waals surface area (Å²) in [7, 11) is 0. The van der Waals surface area contributed by atoms with E-state index in [-0.39, 0.29) is 0 Å². The number of para-hydroxylation sites is 5. The SMILES string of the molecule is c1ccc(-c2nc(-c3ccccc3)nc(-c3cc4c(c5ccccc5n4-c4ccc5c(c4)c4ccccc4n5-c4ccccc4)c4c3c3ccccc3n4-c3ccccc3)n2)cc1. The standard InChI is InChI=1S/C57H36N6/c1-5-19-37(20-6-1)55-58-56(38-21-7-2-8-22-38)60-57(59-55)46-36-51-53(54-52(46)43-28-14-18-32-49(43)63(54)40-25-11-4-12-26-40)44-29-15-17-31-48(44)62(51)41-33-34-50-45(35-41)42-27-13-16-30-47(42)61(50)39-23-9-3-10-24-39/h1-36H. The minimum absolute atomic E-state index is 0.615. The van der Waals surface area contributed by atoms with Crippen LogP contribution in [0.1, 0.15) is 0 Å². The molecule has 9 aromatic carbocycles. The van der Waals surface area contributed by atoms with Crippen LogP contribution in [0.25, 0.3) is 117 Å². The van der Waals surface area contributed by atoms with Gasteiger partial charge in [-0.15, -0.1) is 0 Å². The molecule has 0 unspecified atom stereocenters. The maximum Gasteiger partial charge on any atom is 0.164 e. The van der Waals surface area contributed by atoms with Gasteiger partial charge in [0.2, 0.25) is 0 Å². The third kappa shape index (κ3) is 5.41. The fourth-order valence-electron chi connectivity index (χ4n) is 9.79. The van der Waals surface area contributed by atoms with Crippen molar-refractivity contribution >= 4 is 65.4 Å². The lowest BCUT2D eigenvalue weighted by molar-refractivity contribution is 1.08. The fraction of sp³-hybridized carbons (Fsp3) is 0. The van der Waals surface area contributed by atoms with Gasteiger partial charge in [0, 0.05) is 66.1 Å². The normalized spacial score (nSPS) is 11.8. The van der Waals surface area contributed by atoms with E-state index in [1.807, 2.05) is 36.4 Å². The number of rotatable bonds is 6. The first-order valence-electron chi connectivity index (χ1n) is 21.3. The summed E-state index contributed by atoms with van der Waals surface area (Å²) in [6.45, 7) is 0. The molecule has 0 atom stereocenters. The van der Waals surface area contributed by atoms with Gasteiger partial charge in [-0.25, -0.2) is 15.0 Å². The maximum absolute atomic E-state index is 5.36. The van der Waals surface area contributed by atoms with Crippen molar-refractivity contribution in [1.82, 2.24) is 28.7 Å². The molecule has 4 heterocycles. The lowest BCUT2D eigenvalue weighted by Crippen LogP contribution is -2.01. The summed E-state index contributed by atoms with van der Waals surface area (Å²) in [6, 6.07) is 77.3. The highest BCUT2D eigenvalue weighted by molar-refractivity contribution is 6.29. The Morgan fingerprint density at radius 1 is 0.270 bits per heavy atom. The van der Waals surface area contributed by atoms with Gasteiger partial charge in [0.15, 0.2) is 17.5 Å². The van der Waals surface area contributed by atoms with E-state index in [0.29, 0.717) is 17.5 Å². The second kappa shape index (κ2) is 14.0. The smallest absolute Gasteiger partial charge is 0.164 e. The molecule has 0 bridgehead atoms. The Morgan fingerprint density at radius 2 is 0.698 bits per heavy atom. The number of aromatic nitrogens is 6. The van der Waals surface area contributed by atoms with Crippen molar-refractivity contribution in [2.45, 2.75) is 0 Å². The minimum atomic E-state index is 0.615. The van der Waals surface area contributed by atoms with Gasteiger partial charge < -0.3 is 13.7 Å². The largest absolute Gasteiger partial charge is 0.309 e. The van der Waals surface area contributed by atoms with Gasteiger partial charge in [-0.1, -0.05) is 152 Å². The molecule has 6 nitrogen and oxygen atoms in total. The summed E-state index contributed by atoms with van der Waals surface area (Å²) in [4.78, 5) is 15.8. The molecule has 0 saturated carbocycles. The van der Waals surface area contributed by atoms with Crippen LogP contribution >= 0.6 is 0 Å². The molecule has 0 radical (unpaired) electrons. The summed E-state index contributed by atoms with van der Waals surface area (Å²) in [5.74, 6) is 1.87. The van der Waals surface area contributed by atoms with Gasteiger partial charge in [0.25, 0.3) is 0 Å². The van der Waals surface area contributed by atoms with Gasteiger partial charge in [0.05, 0.1) is 33.1 Å². The molecule has 0 saturated heterocycles. The van der Waals surface area contributed by atoms with E-state index in [1.165, 1.54) is 21.7 Å². The van der Waals surface area contributed by atoms with Crippen LogP contribution in [0.3, 0.4) is 0 Å². The first-order valence-corrected chi connectivity index (χ1v) is 21.3. The molecular weight excluding hydrogens is 769 g/mol. The summed E-state index contributed by atoms with van der Waals surface area (Å²) in [5, 5.41) is 6.95. The Hall–Kier alpha value is -8.61. The molecule has 0 spiro atoms. The third-order valence-corrected chi connectivity index (χ3v) is 12.5. The predicted octanol–water partition coefficient (Wildman–Crippen LogP) is 14.2. The van der Waals surface area contributed by atoms with Crippen molar-refractivity contribution in [3.63, 3.8) is 0 Å². The highest BCUT2D eigenvalue weighted by Gasteiger charge is 2.26. The fourth-order valence-corrected chi connectivity index (χ4v) is 9.79. The lowest BCUT2D eigenvalue weighted by atomic mass is 10.0. The molecule has 0 aliphatic rings. The maximum atomic E-state index is 5.36. The number of hydrogen-bond donors (Lipinski definition) is 0. The van der Waals surface area contributed by atoms with Crippen molar-refractivity contribution in [1.29, 1.82) is 0 Å². The first kappa shape index (κ1) is 35.2. The molecule has 6 heteroatoms. The Kier molecular flexibility index (Phi) is 7.80. The quantitative estimate of drug-likeness (QED) is 0.168. The van der Waals surface area contributed by atoms with E-state index in [4.69, 9.17) is 15.0 Å². The van der Waals surface area contributed by atoms with E-state index in [2.05, 4.69) is 196 Å². The lowest BCUT2D eigenvalue weighted by Gasteiger charge is -2.14. The molecule has 0 N–H and O–H groups in total. The summed E-state index contributed by atoms with van der Waals surface area (Å²) >= 11 is 0. The monoisotopic (exact) mass is 804 g/mol. The van der Waals surface area contributed by atoms with Crippen LogP contribution in [0.4, 0.5) is 0 Å². The summed E-state index contributed by atoms with van der Waals surface area (Å²) in [6.07, 6.45) is 0. The van der Waals surface area contributed by atoms with Crippen LogP contribution < -0.4 is 0 Å². The molecular formula is C57H36N6. The van der Waals surface area contributed by atoms with Gasteiger partial charge in [0.1, 0.15) is 0 Å². The zero-order valence-electron chi connectivity index (χ0n) is 34.0. The number of fused-ring (bicyclic) bond motifs is 10. The third-order valence-electron chi connectivity index (χ3n) is 12.5. The van der Waals surface area contributed by atoms with Crippen LogP contribution in [-0.4, -0.2) is 28.7 Å². The first-order chi connectivity index (χ1) is 31.3. The molecule has 63 heavy (non-hydrogen) atoms. The van der Waals surface area contributed by atoms with Crippen molar-refractivity contribution in [2.75, 3.05) is 0 Å². The van der Waals surface area contributed by atoms with Crippen LogP contribution in [0, 0.1) is 0 Å². The Bertz CT molecular complexity index is 3830. The Morgan fingerprint density at radius 3 is 1.30 bits per heavy atom. The second-order valence-corrected chi connectivity index (χ2v) is 16.0. The van der Waals surface area contributed by atoms with Crippen molar-refractivity contribution in [3.05, 3.63) is 218 Å². The van der Waals surface area contributed by atoms with Crippen molar-refractivity contribution in [3.8, 4) is 51.2 Å². The molecule has 13 aromatic rings. The molecule has 294 valence electrons. The van der Waals surface area contributed by atoms with E-state index < -0.39 is 0 Å². The van der Waals surface area contributed by atoms with E-state index in [1.54, 1.807) is 0 Å². The van der Waals surface area contributed by atoms with Crippen molar-refractivity contribution < 1.29 is 0 Å². The minimum Gasteiger partial charge on any atom is -0.309 e. The Labute approximate surface area is 362 Å². The summed E-state index contributed by atoms with van der Waals surface area (Å²) < 4.78 is 7.24. The van der Waals surface area contributed by atoms with Crippen LogP contribution in [0.15, 0.2) is 218 Å². The van der Waals surface area contributed by atoms with E-state index in [9.17, 15) is 0 Å². The molecule has 0 aliphatic heterocycles. The van der Waals surface area contributed by atoms with Crippen LogP contribution in [-0.2, 0) is 0 Å². The molecule has 0 aliphatic carbocycles. The van der Waals surface area contributed by atoms with Crippen LogP contribution in [0.2, 0.25) is 0 Å². The average molecular weight is 805 g/mol. The zero-order chi connectivity index (χ0) is 41.4. The number of hydrogen-bond acceptors (Lipinski definition) is 3. The molecule has 4 aromatic heterocycles. The molecule has 0 fully saturated rings. The number of nitrogens with zero attached hydrogens (tertiary/aromatic N) is 6. The van der Waals surface area contributed by atoms with Gasteiger partial charge in [-0.2, -0.15) is 0 Å². The summed E-state index contributed by atoms with van der Waals surface area (Å²) in [5.41, 5.74) is 12.8. The second-order valence-electron chi connectivity index (χ2n) is 16.0. The predicted molar refractivity (Wildman–Crippen MR) is 259 cm³/mol. The van der Waals surface area contributed by atoms with Gasteiger partial charge in [-0.05, 0) is 66.7 Å². The highest BCUT2D eigenvalue weighted by atomic mass is 15.1. The van der Waals surface area contributed by atoms with Crippen LogP contribution in [0.5, 0.6) is 0 Å². The molecule has 0 amide bonds. The highest BCUT2D eigenvalue weighted by Crippen LogP contribution is 2.47. The van der Waals surface area contributed by atoms with Gasteiger partial charge >= 0.3 is 0 Å². The zero-order valence-corrected chi connectivity index (χ0v) is 34.0. The molecule has 13 rings (SSSR count). The average Bonchev–Trinajstić information content (AvgIpc) is 4.00. The topological polar surface area (TPSA) is 53.5 Å². The number of benzene rings is 9.